The second kappa shape index (κ2) is 7.16. The van der Waals surface area contributed by atoms with Gasteiger partial charge in [0, 0.05) is 43.4 Å². The first-order valence-corrected chi connectivity index (χ1v) is 7.90. The zero-order valence-electron chi connectivity index (χ0n) is 13.8. The number of benzene rings is 1. The molecule has 0 unspecified atom stereocenters. The fourth-order valence-electron chi connectivity index (χ4n) is 2.62. The van der Waals surface area contributed by atoms with Crippen molar-refractivity contribution >= 4 is 24.0 Å². The Kier molecular flexibility index (Phi) is 4.78. The lowest BCUT2D eigenvalue weighted by Gasteiger charge is -2.32. The van der Waals surface area contributed by atoms with Crippen molar-refractivity contribution in [3.63, 3.8) is 0 Å². The summed E-state index contributed by atoms with van der Waals surface area (Å²) < 4.78 is 4.91. The van der Waals surface area contributed by atoms with E-state index in [1.807, 2.05) is 0 Å². The Morgan fingerprint density at radius 3 is 2.52 bits per heavy atom. The number of piperazine rings is 1. The number of anilines is 1. The number of amides is 3. The summed E-state index contributed by atoms with van der Waals surface area (Å²) in [5.41, 5.74) is 0.793. The standard InChI is InChI=1S/C17H18N4O4/c1-12-9-15(19-25-12)18-16(23)13-3-2-4-14(10-13)17(24)21-7-5-20(11-22)6-8-21/h2-4,9-11H,5-8H2,1H3,(H,18,19,23). The molecule has 2 heterocycles. The van der Waals surface area contributed by atoms with Gasteiger partial charge in [0.25, 0.3) is 11.8 Å². The third-order valence-corrected chi connectivity index (χ3v) is 3.99. The fourth-order valence-corrected chi connectivity index (χ4v) is 2.62. The van der Waals surface area contributed by atoms with Crippen LogP contribution in [0.2, 0.25) is 0 Å². The number of aromatic nitrogens is 1. The van der Waals surface area contributed by atoms with Crippen LogP contribution >= 0.6 is 0 Å². The summed E-state index contributed by atoms with van der Waals surface area (Å²) in [6, 6.07) is 8.13. The lowest BCUT2D eigenvalue weighted by Crippen LogP contribution is -2.48. The van der Waals surface area contributed by atoms with E-state index in [1.54, 1.807) is 47.1 Å². The summed E-state index contributed by atoms with van der Waals surface area (Å²) in [6.45, 7) is 3.71. The van der Waals surface area contributed by atoms with Crippen molar-refractivity contribution in [1.82, 2.24) is 15.0 Å². The van der Waals surface area contributed by atoms with E-state index < -0.39 is 0 Å². The van der Waals surface area contributed by atoms with Gasteiger partial charge < -0.3 is 19.6 Å². The van der Waals surface area contributed by atoms with Gasteiger partial charge in [-0.1, -0.05) is 11.2 Å². The molecule has 0 spiro atoms. The second-order valence-electron chi connectivity index (χ2n) is 5.79. The minimum atomic E-state index is -0.367. The fraction of sp³-hybridized carbons (Fsp3) is 0.294. The molecule has 1 N–H and O–H groups in total. The third kappa shape index (κ3) is 3.85. The molecule has 3 rings (SSSR count). The van der Waals surface area contributed by atoms with Crippen LogP contribution in [0.5, 0.6) is 0 Å². The molecule has 3 amide bonds. The number of carbonyl (C=O) groups is 3. The van der Waals surface area contributed by atoms with Crippen molar-refractivity contribution in [2.24, 2.45) is 0 Å². The monoisotopic (exact) mass is 342 g/mol. The molecule has 1 aliphatic rings. The van der Waals surface area contributed by atoms with Crippen molar-refractivity contribution in [3.8, 4) is 0 Å². The Balaban J connectivity index is 1.69. The highest BCUT2D eigenvalue weighted by Crippen LogP contribution is 2.13. The normalized spacial score (nSPS) is 14.3. The molecule has 130 valence electrons. The van der Waals surface area contributed by atoms with Gasteiger partial charge in [0.05, 0.1) is 0 Å². The first-order chi connectivity index (χ1) is 12.1. The van der Waals surface area contributed by atoms with Gasteiger partial charge in [-0.25, -0.2) is 0 Å². The van der Waals surface area contributed by atoms with E-state index in [-0.39, 0.29) is 11.8 Å². The van der Waals surface area contributed by atoms with Crippen LogP contribution in [0.15, 0.2) is 34.9 Å². The molecule has 1 aromatic heterocycles. The number of nitrogens with zero attached hydrogens (tertiary/aromatic N) is 3. The van der Waals surface area contributed by atoms with E-state index in [2.05, 4.69) is 10.5 Å². The van der Waals surface area contributed by atoms with Crippen molar-refractivity contribution < 1.29 is 18.9 Å². The topological polar surface area (TPSA) is 95.8 Å². The molecular weight excluding hydrogens is 324 g/mol. The van der Waals surface area contributed by atoms with Gasteiger partial charge in [-0.2, -0.15) is 0 Å². The highest BCUT2D eigenvalue weighted by molar-refractivity contribution is 6.05. The number of aryl methyl sites for hydroxylation is 1. The summed E-state index contributed by atoms with van der Waals surface area (Å²) in [5, 5.41) is 6.34. The Morgan fingerprint density at radius 2 is 1.88 bits per heavy atom. The maximum Gasteiger partial charge on any atom is 0.256 e. The molecule has 1 aliphatic heterocycles. The molecule has 8 heteroatoms. The van der Waals surface area contributed by atoms with Gasteiger partial charge in [-0.3, -0.25) is 14.4 Å². The SMILES string of the molecule is Cc1cc(NC(=O)c2cccc(C(=O)N3CCN(C=O)CC3)c2)no1. The van der Waals surface area contributed by atoms with Crippen LogP contribution in [0.3, 0.4) is 0 Å². The van der Waals surface area contributed by atoms with Crippen LogP contribution in [0.4, 0.5) is 5.82 Å². The van der Waals surface area contributed by atoms with Crippen LogP contribution in [0.1, 0.15) is 26.5 Å². The maximum atomic E-state index is 12.6. The van der Waals surface area contributed by atoms with Crippen LogP contribution in [0.25, 0.3) is 0 Å². The molecule has 1 fully saturated rings. The lowest BCUT2D eigenvalue weighted by atomic mass is 10.1. The van der Waals surface area contributed by atoms with E-state index in [0.29, 0.717) is 48.9 Å². The second-order valence-corrected chi connectivity index (χ2v) is 5.79. The van der Waals surface area contributed by atoms with E-state index in [4.69, 9.17) is 4.52 Å². The van der Waals surface area contributed by atoms with Gasteiger partial charge in [0.1, 0.15) is 5.76 Å². The van der Waals surface area contributed by atoms with E-state index in [1.165, 1.54) is 0 Å². The average molecular weight is 342 g/mol. The minimum absolute atomic E-state index is 0.155. The first kappa shape index (κ1) is 16.7. The molecule has 8 nitrogen and oxygen atoms in total. The first-order valence-electron chi connectivity index (χ1n) is 7.90. The van der Waals surface area contributed by atoms with Gasteiger partial charge >= 0.3 is 0 Å². The van der Waals surface area contributed by atoms with E-state index in [9.17, 15) is 14.4 Å². The van der Waals surface area contributed by atoms with Crippen molar-refractivity contribution in [3.05, 3.63) is 47.2 Å². The average Bonchev–Trinajstić information content (AvgIpc) is 3.06. The Bertz CT molecular complexity index is 793. The highest BCUT2D eigenvalue weighted by Gasteiger charge is 2.22. The Labute approximate surface area is 144 Å². The van der Waals surface area contributed by atoms with Crippen LogP contribution in [0, 0.1) is 6.92 Å². The Morgan fingerprint density at radius 1 is 1.16 bits per heavy atom. The molecule has 2 aromatic rings. The number of hydrogen-bond donors (Lipinski definition) is 1. The minimum Gasteiger partial charge on any atom is -0.360 e. The van der Waals surface area contributed by atoms with Gasteiger partial charge in [-0.15, -0.1) is 0 Å². The Hall–Kier alpha value is -3.16. The van der Waals surface area contributed by atoms with Crippen molar-refractivity contribution in [2.75, 3.05) is 31.5 Å². The molecule has 0 aliphatic carbocycles. The zero-order valence-corrected chi connectivity index (χ0v) is 13.8. The molecule has 25 heavy (non-hydrogen) atoms. The molecule has 0 radical (unpaired) electrons. The smallest absolute Gasteiger partial charge is 0.256 e. The third-order valence-electron chi connectivity index (χ3n) is 3.99. The molecule has 1 saturated heterocycles. The zero-order chi connectivity index (χ0) is 17.8. The van der Waals surface area contributed by atoms with E-state index in [0.717, 1.165) is 6.41 Å². The predicted molar refractivity (Wildman–Crippen MR) is 89.2 cm³/mol. The van der Waals surface area contributed by atoms with Gasteiger partial charge in [0.15, 0.2) is 5.82 Å². The summed E-state index contributed by atoms with van der Waals surface area (Å²) in [4.78, 5) is 38.9. The summed E-state index contributed by atoms with van der Waals surface area (Å²) >= 11 is 0. The molecule has 1 aromatic carbocycles. The van der Waals surface area contributed by atoms with Gasteiger partial charge in [0.2, 0.25) is 6.41 Å². The van der Waals surface area contributed by atoms with Crippen LogP contribution < -0.4 is 5.32 Å². The molecule has 0 saturated carbocycles. The number of rotatable bonds is 4. The number of nitrogens with one attached hydrogen (secondary N) is 1. The quantitative estimate of drug-likeness (QED) is 0.841. The van der Waals surface area contributed by atoms with Crippen LogP contribution in [-0.4, -0.2) is 59.4 Å². The van der Waals surface area contributed by atoms with Crippen molar-refractivity contribution in [2.45, 2.75) is 6.92 Å². The lowest BCUT2D eigenvalue weighted by molar-refractivity contribution is -0.119. The number of hydrogen-bond acceptors (Lipinski definition) is 5. The number of carbonyl (C=O) groups excluding carboxylic acids is 3. The van der Waals surface area contributed by atoms with Gasteiger partial charge in [-0.05, 0) is 25.1 Å². The van der Waals surface area contributed by atoms with Crippen molar-refractivity contribution in [1.29, 1.82) is 0 Å². The predicted octanol–water partition coefficient (Wildman–Crippen LogP) is 1.15. The molecule has 0 atom stereocenters. The largest absolute Gasteiger partial charge is 0.360 e. The summed E-state index contributed by atoms with van der Waals surface area (Å²) in [6.07, 6.45) is 0.790. The van der Waals surface area contributed by atoms with E-state index >= 15 is 0 Å². The van der Waals surface area contributed by atoms with Crippen LogP contribution in [-0.2, 0) is 4.79 Å². The molecular formula is C17H18N4O4. The highest BCUT2D eigenvalue weighted by atomic mass is 16.5. The summed E-state index contributed by atoms with van der Waals surface area (Å²) in [5.74, 6) is 0.393. The summed E-state index contributed by atoms with van der Waals surface area (Å²) in [7, 11) is 0. The maximum absolute atomic E-state index is 12.6. The molecule has 0 bridgehead atoms.